The van der Waals surface area contributed by atoms with E-state index in [0.717, 1.165) is 32.5 Å². The summed E-state index contributed by atoms with van der Waals surface area (Å²) in [4.78, 5) is 17.3. The van der Waals surface area contributed by atoms with Crippen molar-refractivity contribution in [2.24, 2.45) is 0 Å². The molecule has 3 rings (SSSR count). The molecule has 0 saturated carbocycles. The highest BCUT2D eigenvalue weighted by Crippen LogP contribution is 2.20. The van der Waals surface area contributed by atoms with Gasteiger partial charge in [0.25, 0.3) is 0 Å². The lowest BCUT2D eigenvalue weighted by Crippen LogP contribution is -2.49. The van der Waals surface area contributed by atoms with Gasteiger partial charge in [0.1, 0.15) is 5.75 Å². The molecule has 8 heteroatoms. The Bertz CT molecular complexity index is 972. The lowest BCUT2D eigenvalue weighted by molar-refractivity contribution is -0.133. The molecule has 0 bridgehead atoms. The smallest absolute Gasteiger partial charge is 0.243 e. The maximum Gasteiger partial charge on any atom is 0.243 e. The number of piperazine rings is 1. The molecule has 0 radical (unpaired) electrons. The molecule has 180 valence electrons. The van der Waals surface area contributed by atoms with E-state index in [1.54, 1.807) is 31.4 Å². The fourth-order valence-corrected chi connectivity index (χ4v) is 5.44. The van der Waals surface area contributed by atoms with Gasteiger partial charge in [-0.05, 0) is 36.2 Å². The summed E-state index contributed by atoms with van der Waals surface area (Å²) in [6, 6.07) is 16.7. The molecule has 7 nitrogen and oxygen atoms in total. The molecule has 1 aliphatic rings. The number of sulfonamides is 1. The number of hydrogen-bond donors (Lipinski definition) is 0. The number of unbranched alkanes of at least 4 members (excludes halogenated alkanes) is 1. The van der Waals surface area contributed by atoms with Gasteiger partial charge in [0.05, 0.1) is 12.0 Å². The first kappa shape index (κ1) is 25.2. The average molecular weight is 474 g/mol. The van der Waals surface area contributed by atoms with E-state index < -0.39 is 10.0 Å². The van der Waals surface area contributed by atoms with Gasteiger partial charge in [0.2, 0.25) is 15.9 Å². The van der Waals surface area contributed by atoms with Crippen LogP contribution >= 0.6 is 0 Å². The first-order valence-electron chi connectivity index (χ1n) is 11.6. The zero-order chi connectivity index (χ0) is 23.7. The predicted molar refractivity (Wildman–Crippen MR) is 130 cm³/mol. The molecule has 2 aromatic rings. The minimum atomic E-state index is -3.67. The van der Waals surface area contributed by atoms with Crippen molar-refractivity contribution in [3.63, 3.8) is 0 Å². The topological polar surface area (TPSA) is 70.2 Å². The summed E-state index contributed by atoms with van der Waals surface area (Å²) in [5, 5.41) is 0. The quantitative estimate of drug-likeness (QED) is 0.501. The molecule has 0 N–H and O–H groups in total. The molecule has 1 fully saturated rings. The largest absolute Gasteiger partial charge is 0.497 e. The van der Waals surface area contributed by atoms with Crippen molar-refractivity contribution < 1.29 is 17.9 Å². The second kappa shape index (κ2) is 12.2. The number of methoxy groups -OCH3 is 1. The minimum absolute atomic E-state index is 0.0146. The van der Waals surface area contributed by atoms with Gasteiger partial charge < -0.3 is 9.64 Å². The van der Waals surface area contributed by atoms with E-state index in [1.165, 1.54) is 9.87 Å². The van der Waals surface area contributed by atoms with Crippen molar-refractivity contribution >= 4 is 15.9 Å². The molecule has 2 aromatic carbocycles. The van der Waals surface area contributed by atoms with Crippen LogP contribution in [0.4, 0.5) is 0 Å². The van der Waals surface area contributed by atoms with Crippen LogP contribution in [0.5, 0.6) is 5.75 Å². The van der Waals surface area contributed by atoms with Crippen molar-refractivity contribution in [2.75, 3.05) is 46.4 Å². The van der Waals surface area contributed by atoms with Crippen LogP contribution in [0.3, 0.4) is 0 Å². The lowest BCUT2D eigenvalue weighted by Gasteiger charge is -2.35. The van der Waals surface area contributed by atoms with E-state index in [9.17, 15) is 13.2 Å². The number of nitrogens with zero attached hydrogens (tertiary/aromatic N) is 3. The van der Waals surface area contributed by atoms with E-state index >= 15 is 0 Å². The highest BCUT2D eigenvalue weighted by Gasteiger charge is 2.27. The highest BCUT2D eigenvalue weighted by atomic mass is 32.2. The number of carbonyl (C=O) groups is 1. The molecule has 1 heterocycles. The van der Waals surface area contributed by atoms with Crippen molar-refractivity contribution in [3.05, 3.63) is 60.2 Å². The number of carbonyl (C=O) groups excluding carboxylic acids is 1. The molecule has 0 atom stereocenters. The SMILES string of the molecule is CCCCN(CCC(=O)N1CCN(Cc2ccccc2)CC1)S(=O)(=O)c1ccc(OC)cc1. The summed E-state index contributed by atoms with van der Waals surface area (Å²) in [5.41, 5.74) is 1.27. The third-order valence-corrected chi connectivity index (χ3v) is 7.92. The van der Waals surface area contributed by atoms with Gasteiger partial charge in [-0.25, -0.2) is 8.42 Å². The maximum absolute atomic E-state index is 13.2. The Balaban J connectivity index is 1.55. The van der Waals surface area contributed by atoms with Crippen LogP contribution in [0.2, 0.25) is 0 Å². The van der Waals surface area contributed by atoms with Crippen molar-refractivity contribution in [1.29, 1.82) is 0 Å². The van der Waals surface area contributed by atoms with E-state index in [4.69, 9.17) is 4.74 Å². The monoisotopic (exact) mass is 473 g/mol. The van der Waals surface area contributed by atoms with Crippen LogP contribution in [-0.2, 0) is 21.4 Å². The fraction of sp³-hybridized carbons (Fsp3) is 0.480. The molecular weight excluding hydrogens is 438 g/mol. The number of benzene rings is 2. The summed E-state index contributed by atoms with van der Waals surface area (Å²) >= 11 is 0. The minimum Gasteiger partial charge on any atom is -0.497 e. The molecular formula is C25H35N3O4S. The summed E-state index contributed by atoms with van der Waals surface area (Å²) < 4.78 is 33.0. The van der Waals surface area contributed by atoms with Crippen LogP contribution in [-0.4, -0.2) is 74.8 Å². The van der Waals surface area contributed by atoms with Crippen molar-refractivity contribution in [1.82, 2.24) is 14.1 Å². The zero-order valence-corrected chi connectivity index (χ0v) is 20.5. The molecule has 0 unspecified atom stereocenters. The first-order chi connectivity index (χ1) is 15.9. The Morgan fingerprint density at radius 3 is 2.24 bits per heavy atom. The molecule has 1 amide bonds. The van der Waals surface area contributed by atoms with Crippen LogP contribution in [0.25, 0.3) is 0 Å². The molecule has 0 aliphatic carbocycles. The van der Waals surface area contributed by atoms with Crippen molar-refractivity contribution in [3.8, 4) is 5.75 Å². The summed E-state index contributed by atoms with van der Waals surface area (Å²) in [6.45, 7) is 6.50. The van der Waals surface area contributed by atoms with Crippen LogP contribution in [0.15, 0.2) is 59.5 Å². The Labute approximate surface area is 198 Å². The standard InChI is InChI=1S/C25H35N3O4S/c1-3-4-15-28(33(30,31)24-12-10-23(32-2)11-13-24)16-14-25(29)27-19-17-26(18-20-27)21-22-8-6-5-7-9-22/h5-13H,3-4,14-21H2,1-2H3. The third kappa shape index (κ3) is 7.03. The van der Waals surface area contributed by atoms with Gasteiger partial charge in [0, 0.05) is 52.2 Å². The van der Waals surface area contributed by atoms with E-state index in [1.807, 2.05) is 30.0 Å². The lowest BCUT2D eigenvalue weighted by atomic mass is 10.2. The number of amides is 1. The Hall–Kier alpha value is -2.42. The Morgan fingerprint density at radius 1 is 0.970 bits per heavy atom. The summed E-state index contributed by atoms with van der Waals surface area (Å²) in [5.74, 6) is 0.622. The Kier molecular flexibility index (Phi) is 9.29. The van der Waals surface area contributed by atoms with E-state index in [2.05, 4.69) is 17.0 Å². The van der Waals surface area contributed by atoms with Gasteiger partial charge in [-0.15, -0.1) is 0 Å². The highest BCUT2D eigenvalue weighted by molar-refractivity contribution is 7.89. The molecule has 33 heavy (non-hydrogen) atoms. The van der Waals surface area contributed by atoms with Gasteiger partial charge in [-0.2, -0.15) is 4.31 Å². The summed E-state index contributed by atoms with van der Waals surface area (Å²) in [6.07, 6.45) is 1.82. The summed E-state index contributed by atoms with van der Waals surface area (Å²) in [7, 11) is -2.12. The number of rotatable bonds is 11. The normalized spacial score (nSPS) is 15.1. The van der Waals surface area contributed by atoms with Crippen LogP contribution < -0.4 is 4.74 Å². The van der Waals surface area contributed by atoms with Gasteiger partial charge in [-0.1, -0.05) is 43.7 Å². The second-order valence-electron chi connectivity index (χ2n) is 8.33. The van der Waals surface area contributed by atoms with Crippen LogP contribution in [0.1, 0.15) is 31.7 Å². The molecule has 0 aromatic heterocycles. The predicted octanol–water partition coefficient (Wildman–Crippen LogP) is 3.22. The van der Waals surface area contributed by atoms with E-state index in [0.29, 0.717) is 25.4 Å². The number of hydrogen-bond acceptors (Lipinski definition) is 5. The Morgan fingerprint density at radius 2 is 1.64 bits per heavy atom. The van der Waals surface area contributed by atoms with E-state index in [-0.39, 0.29) is 23.8 Å². The average Bonchev–Trinajstić information content (AvgIpc) is 2.85. The number of ether oxygens (including phenoxy) is 1. The maximum atomic E-state index is 13.2. The second-order valence-corrected chi connectivity index (χ2v) is 10.3. The first-order valence-corrected chi connectivity index (χ1v) is 13.1. The van der Waals surface area contributed by atoms with Gasteiger partial charge >= 0.3 is 0 Å². The van der Waals surface area contributed by atoms with Gasteiger partial charge in [-0.3, -0.25) is 9.69 Å². The molecule has 1 saturated heterocycles. The van der Waals surface area contributed by atoms with Crippen LogP contribution in [0, 0.1) is 0 Å². The van der Waals surface area contributed by atoms with Gasteiger partial charge in [0.15, 0.2) is 0 Å². The zero-order valence-electron chi connectivity index (χ0n) is 19.7. The fourth-order valence-electron chi connectivity index (χ4n) is 3.96. The third-order valence-electron chi connectivity index (χ3n) is 6.01. The molecule has 1 aliphatic heterocycles. The van der Waals surface area contributed by atoms with Crippen molar-refractivity contribution in [2.45, 2.75) is 37.6 Å². The molecule has 0 spiro atoms.